The average molecular weight is 295 g/mol. The SMILES string of the molecule is Brc1ccc2nccnc2c1.CCC(=O)CC. The highest BCUT2D eigenvalue weighted by molar-refractivity contribution is 9.10. The molecule has 2 aromatic rings. The Morgan fingerprint density at radius 1 is 1.12 bits per heavy atom. The minimum absolute atomic E-state index is 0.343. The summed E-state index contributed by atoms with van der Waals surface area (Å²) >= 11 is 3.36. The van der Waals surface area contributed by atoms with E-state index in [1.165, 1.54) is 0 Å². The van der Waals surface area contributed by atoms with Crippen LogP contribution in [0.25, 0.3) is 11.0 Å². The molecule has 0 atom stereocenters. The van der Waals surface area contributed by atoms with Gasteiger partial charge in [-0.15, -0.1) is 0 Å². The smallest absolute Gasteiger partial charge is 0.132 e. The Balaban J connectivity index is 0.000000209. The second-order valence-corrected chi connectivity index (χ2v) is 4.35. The summed E-state index contributed by atoms with van der Waals surface area (Å²) in [7, 11) is 0. The van der Waals surface area contributed by atoms with Gasteiger partial charge in [0.05, 0.1) is 11.0 Å². The predicted molar refractivity (Wildman–Crippen MR) is 72.8 cm³/mol. The largest absolute Gasteiger partial charge is 0.300 e. The zero-order chi connectivity index (χ0) is 12.7. The summed E-state index contributed by atoms with van der Waals surface area (Å²) in [5, 5.41) is 0. The number of ketones is 1. The minimum atomic E-state index is 0.343. The molecule has 17 heavy (non-hydrogen) atoms. The Hall–Kier alpha value is -1.29. The van der Waals surface area contributed by atoms with Crippen molar-refractivity contribution in [3.8, 4) is 0 Å². The highest BCUT2D eigenvalue weighted by Gasteiger charge is 1.93. The Morgan fingerprint density at radius 2 is 1.71 bits per heavy atom. The molecule has 0 unspecified atom stereocenters. The fourth-order valence-electron chi connectivity index (χ4n) is 1.19. The number of nitrogens with zero attached hydrogens (tertiary/aromatic N) is 2. The van der Waals surface area contributed by atoms with E-state index in [-0.39, 0.29) is 0 Å². The van der Waals surface area contributed by atoms with Crippen LogP contribution in [-0.4, -0.2) is 15.8 Å². The van der Waals surface area contributed by atoms with Crippen LogP contribution in [0.2, 0.25) is 0 Å². The number of hydrogen-bond acceptors (Lipinski definition) is 3. The van der Waals surface area contributed by atoms with Crippen LogP contribution in [0.15, 0.2) is 35.1 Å². The number of hydrogen-bond donors (Lipinski definition) is 0. The van der Waals surface area contributed by atoms with Crippen molar-refractivity contribution in [2.24, 2.45) is 0 Å². The summed E-state index contributed by atoms with van der Waals surface area (Å²) < 4.78 is 1.03. The third-order valence-corrected chi connectivity index (χ3v) is 2.71. The number of carbonyl (C=O) groups excluding carboxylic acids is 1. The summed E-state index contributed by atoms with van der Waals surface area (Å²) in [4.78, 5) is 18.5. The molecule has 0 saturated carbocycles. The molecule has 0 aliphatic rings. The molecule has 0 bridgehead atoms. The maximum absolute atomic E-state index is 10.2. The van der Waals surface area contributed by atoms with Gasteiger partial charge in [0.15, 0.2) is 0 Å². The lowest BCUT2D eigenvalue weighted by Gasteiger charge is -1.94. The van der Waals surface area contributed by atoms with E-state index < -0.39 is 0 Å². The molecule has 0 spiro atoms. The minimum Gasteiger partial charge on any atom is -0.300 e. The molecule has 90 valence electrons. The summed E-state index contributed by atoms with van der Waals surface area (Å²) in [6.45, 7) is 3.76. The van der Waals surface area contributed by atoms with Crippen molar-refractivity contribution in [2.75, 3.05) is 0 Å². The summed E-state index contributed by atoms with van der Waals surface area (Å²) in [5.41, 5.74) is 1.84. The van der Waals surface area contributed by atoms with Crippen LogP contribution in [0, 0.1) is 0 Å². The van der Waals surface area contributed by atoms with Crippen LogP contribution < -0.4 is 0 Å². The van der Waals surface area contributed by atoms with Gasteiger partial charge in [-0.2, -0.15) is 0 Å². The molecule has 1 aromatic heterocycles. The average Bonchev–Trinajstić information content (AvgIpc) is 2.38. The Morgan fingerprint density at radius 3 is 2.24 bits per heavy atom. The Kier molecular flexibility index (Phi) is 5.77. The molecule has 0 radical (unpaired) electrons. The van der Waals surface area contributed by atoms with Gasteiger partial charge in [-0.25, -0.2) is 0 Å². The molecule has 1 aromatic carbocycles. The van der Waals surface area contributed by atoms with Gasteiger partial charge in [-0.1, -0.05) is 29.8 Å². The van der Waals surface area contributed by atoms with E-state index in [0.717, 1.165) is 15.5 Å². The molecule has 3 nitrogen and oxygen atoms in total. The van der Waals surface area contributed by atoms with Crippen LogP contribution in [0.5, 0.6) is 0 Å². The number of aromatic nitrogens is 2. The fraction of sp³-hybridized carbons (Fsp3) is 0.308. The van der Waals surface area contributed by atoms with Crippen LogP contribution in [0.4, 0.5) is 0 Å². The number of fused-ring (bicyclic) bond motifs is 1. The molecule has 0 amide bonds. The first-order valence-corrected chi connectivity index (χ1v) is 6.34. The van der Waals surface area contributed by atoms with Crippen LogP contribution >= 0.6 is 15.9 Å². The predicted octanol–water partition coefficient (Wildman–Crippen LogP) is 3.77. The first-order chi connectivity index (χ1) is 8.17. The normalized spacial score (nSPS) is 9.59. The van der Waals surface area contributed by atoms with E-state index in [2.05, 4.69) is 25.9 Å². The van der Waals surface area contributed by atoms with Gasteiger partial charge in [0.1, 0.15) is 5.78 Å². The number of Topliss-reactive ketones (excluding diaryl/α,β-unsaturated/α-hetero) is 1. The zero-order valence-corrected chi connectivity index (χ0v) is 11.6. The maximum Gasteiger partial charge on any atom is 0.132 e. The molecule has 0 fully saturated rings. The molecular weight excluding hydrogens is 280 g/mol. The van der Waals surface area contributed by atoms with Crippen LogP contribution in [0.3, 0.4) is 0 Å². The molecule has 0 saturated heterocycles. The van der Waals surface area contributed by atoms with Gasteiger partial charge in [-0.3, -0.25) is 14.8 Å². The fourth-order valence-corrected chi connectivity index (χ4v) is 1.54. The molecule has 2 rings (SSSR count). The third-order valence-electron chi connectivity index (χ3n) is 2.22. The van der Waals surface area contributed by atoms with Crippen LogP contribution in [-0.2, 0) is 4.79 Å². The first kappa shape index (κ1) is 13.8. The highest BCUT2D eigenvalue weighted by Crippen LogP contribution is 2.14. The quantitative estimate of drug-likeness (QED) is 0.847. The van der Waals surface area contributed by atoms with E-state index in [4.69, 9.17) is 0 Å². The molecule has 1 heterocycles. The topological polar surface area (TPSA) is 42.9 Å². The van der Waals surface area contributed by atoms with E-state index in [9.17, 15) is 4.79 Å². The Bertz CT molecular complexity index is 493. The number of carbonyl (C=O) groups is 1. The van der Waals surface area contributed by atoms with E-state index >= 15 is 0 Å². The molecule has 0 aliphatic heterocycles. The van der Waals surface area contributed by atoms with Crippen molar-refractivity contribution in [1.29, 1.82) is 0 Å². The third kappa shape index (κ3) is 4.61. The van der Waals surface area contributed by atoms with Crippen molar-refractivity contribution in [1.82, 2.24) is 9.97 Å². The van der Waals surface area contributed by atoms with Crippen molar-refractivity contribution in [2.45, 2.75) is 26.7 Å². The lowest BCUT2D eigenvalue weighted by atomic mass is 10.3. The van der Waals surface area contributed by atoms with E-state index in [1.807, 2.05) is 32.0 Å². The maximum atomic E-state index is 10.2. The van der Waals surface area contributed by atoms with Gasteiger partial charge >= 0.3 is 0 Å². The molecule has 0 aliphatic carbocycles. The van der Waals surface area contributed by atoms with Gasteiger partial charge in [-0.05, 0) is 18.2 Å². The van der Waals surface area contributed by atoms with Gasteiger partial charge < -0.3 is 0 Å². The summed E-state index contributed by atoms with van der Waals surface area (Å²) in [6.07, 6.45) is 4.76. The lowest BCUT2D eigenvalue weighted by molar-refractivity contribution is -0.118. The first-order valence-electron chi connectivity index (χ1n) is 5.55. The lowest BCUT2D eigenvalue weighted by Crippen LogP contribution is -1.88. The Labute approximate surface area is 109 Å². The number of benzene rings is 1. The van der Waals surface area contributed by atoms with E-state index in [1.54, 1.807) is 12.4 Å². The number of halogens is 1. The van der Waals surface area contributed by atoms with E-state index in [0.29, 0.717) is 18.6 Å². The van der Waals surface area contributed by atoms with Crippen molar-refractivity contribution in [3.63, 3.8) is 0 Å². The van der Waals surface area contributed by atoms with Gasteiger partial charge in [0.25, 0.3) is 0 Å². The van der Waals surface area contributed by atoms with Gasteiger partial charge in [0, 0.05) is 29.7 Å². The molecule has 4 heteroatoms. The highest BCUT2D eigenvalue weighted by atomic mass is 79.9. The van der Waals surface area contributed by atoms with Crippen LogP contribution in [0.1, 0.15) is 26.7 Å². The van der Waals surface area contributed by atoms with Crippen molar-refractivity contribution >= 4 is 32.7 Å². The molecule has 0 N–H and O–H groups in total. The molecular formula is C13H15BrN2O. The number of rotatable bonds is 2. The monoisotopic (exact) mass is 294 g/mol. The summed E-state index contributed by atoms with van der Waals surface area (Å²) in [6, 6.07) is 5.84. The zero-order valence-electron chi connectivity index (χ0n) is 9.98. The van der Waals surface area contributed by atoms with Gasteiger partial charge in [0.2, 0.25) is 0 Å². The second kappa shape index (κ2) is 7.12. The standard InChI is InChI=1S/C8H5BrN2.C5H10O/c9-6-1-2-7-8(5-6)11-4-3-10-7;1-3-5(6)4-2/h1-5H;3-4H2,1-2H3. The second-order valence-electron chi connectivity index (χ2n) is 3.44. The van der Waals surface area contributed by atoms with Crippen molar-refractivity contribution < 1.29 is 4.79 Å². The van der Waals surface area contributed by atoms with Crippen molar-refractivity contribution in [3.05, 3.63) is 35.1 Å². The summed E-state index contributed by atoms with van der Waals surface area (Å²) in [5.74, 6) is 0.343.